The molecule has 0 bridgehead atoms. The normalized spacial score (nSPS) is 16.5. The van der Waals surface area contributed by atoms with Crippen molar-refractivity contribution in [3.63, 3.8) is 0 Å². The Labute approximate surface area is 114 Å². The number of nitrogens with one attached hydrogen (secondary N) is 1. The van der Waals surface area contributed by atoms with E-state index in [1.165, 1.54) is 5.56 Å². The molecule has 1 fully saturated rings. The maximum atomic E-state index is 4.79. The molecule has 98 valence electrons. The van der Waals surface area contributed by atoms with Crippen LogP contribution in [-0.2, 0) is 0 Å². The van der Waals surface area contributed by atoms with Crippen molar-refractivity contribution in [1.82, 2.24) is 15.3 Å². The highest BCUT2D eigenvalue weighted by Crippen LogP contribution is 2.25. The fourth-order valence-electron chi connectivity index (χ4n) is 2.61. The van der Waals surface area contributed by atoms with E-state index in [1.807, 2.05) is 6.07 Å². The molecule has 3 heteroatoms. The third-order valence-electron chi connectivity index (χ3n) is 3.65. The average molecular weight is 253 g/mol. The summed E-state index contributed by atoms with van der Waals surface area (Å²) in [5.41, 5.74) is 3.27. The van der Waals surface area contributed by atoms with E-state index in [1.54, 1.807) is 0 Å². The van der Waals surface area contributed by atoms with E-state index in [-0.39, 0.29) is 0 Å². The Hall–Kier alpha value is -1.74. The van der Waals surface area contributed by atoms with Crippen LogP contribution in [0.15, 0.2) is 36.4 Å². The first-order chi connectivity index (χ1) is 9.33. The van der Waals surface area contributed by atoms with Crippen LogP contribution in [0, 0.1) is 6.92 Å². The van der Waals surface area contributed by atoms with Crippen LogP contribution >= 0.6 is 0 Å². The molecule has 0 atom stereocenters. The number of nitrogens with zero attached hydrogens (tertiary/aromatic N) is 2. The van der Waals surface area contributed by atoms with Crippen LogP contribution in [-0.4, -0.2) is 23.1 Å². The monoisotopic (exact) mass is 253 g/mol. The predicted molar refractivity (Wildman–Crippen MR) is 77.0 cm³/mol. The van der Waals surface area contributed by atoms with E-state index >= 15 is 0 Å². The molecule has 1 aliphatic rings. The lowest BCUT2D eigenvalue weighted by Crippen LogP contribution is -2.27. The first kappa shape index (κ1) is 12.3. The van der Waals surface area contributed by atoms with Gasteiger partial charge in [-0.05, 0) is 38.9 Å². The molecule has 19 heavy (non-hydrogen) atoms. The van der Waals surface area contributed by atoms with Gasteiger partial charge in [-0.2, -0.15) is 0 Å². The molecule has 3 rings (SSSR count). The zero-order chi connectivity index (χ0) is 13.1. The van der Waals surface area contributed by atoms with Gasteiger partial charge in [-0.1, -0.05) is 30.3 Å². The van der Waals surface area contributed by atoms with E-state index in [2.05, 4.69) is 47.6 Å². The Bertz CT molecular complexity index is 545. The van der Waals surface area contributed by atoms with E-state index in [0.717, 1.165) is 43.1 Å². The Morgan fingerprint density at radius 1 is 1.05 bits per heavy atom. The topological polar surface area (TPSA) is 37.8 Å². The number of hydrogen-bond acceptors (Lipinski definition) is 3. The Balaban J connectivity index is 1.96. The second-order valence-electron chi connectivity index (χ2n) is 5.14. The largest absolute Gasteiger partial charge is 0.317 e. The van der Waals surface area contributed by atoms with Crippen molar-refractivity contribution in [2.24, 2.45) is 0 Å². The van der Waals surface area contributed by atoms with Crippen molar-refractivity contribution in [3.8, 4) is 11.3 Å². The highest BCUT2D eigenvalue weighted by Gasteiger charge is 2.18. The van der Waals surface area contributed by atoms with Crippen LogP contribution in [0.3, 0.4) is 0 Å². The van der Waals surface area contributed by atoms with Crippen LogP contribution in [0.2, 0.25) is 0 Å². The molecule has 0 spiro atoms. The summed E-state index contributed by atoms with van der Waals surface area (Å²) in [5.74, 6) is 1.52. The lowest BCUT2D eigenvalue weighted by Gasteiger charge is -2.22. The van der Waals surface area contributed by atoms with Crippen LogP contribution in [0.4, 0.5) is 0 Å². The van der Waals surface area contributed by atoms with E-state index in [4.69, 9.17) is 4.98 Å². The minimum absolute atomic E-state index is 0.503. The number of aromatic nitrogens is 2. The van der Waals surface area contributed by atoms with Crippen molar-refractivity contribution in [2.45, 2.75) is 25.7 Å². The molecular formula is C16H19N3. The summed E-state index contributed by atoms with van der Waals surface area (Å²) in [6, 6.07) is 12.4. The van der Waals surface area contributed by atoms with Gasteiger partial charge in [-0.25, -0.2) is 9.97 Å². The van der Waals surface area contributed by atoms with Gasteiger partial charge in [0.2, 0.25) is 0 Å². The van der Waals surface area contributed by atoms with Crippen LogP contribution < -0.4 is 5.32 Å². The summed E-state index contributed by atoms with van der Waals surface area (Å²) < 4.78 is 0. The third-order valence-corrected chi connectivity index (χ3v) is 3.65. The number of benzene rings is 1. The standard InChI is InChI=1S/C16H19N3/c1-12-11-15(13-5-3-2-4-6-13)19-16(18-12)14-7-9-17-10-8-14/h2-6,11,14,17H,7-10H2,1H3. The summed E-state index contributed by atoms with van der Waals surface area (Å²) in [7, 11) is 0. The minimum atomic E-state index is 0.503. The quantitative estimate of drug-likeness (QED) is 0.894. The molecule has 2 aromatic rings. The fraction of sp³-hybridized carbons (Fsp3) is 0.375. The molecule has 1 aromatic carbocycles. The van der Waals surface area contributed by atoms with Gasteiger partial charge in [0, 0.05) is 17.2 Å². The van der Waals surface area contributed by atoms with Gasteiger partial charge in [-0.3, -0.25) is 0 Å². The minimum Gasteiger partial charge on any atom is -0.317 e. The second kappa shape index (κ2) is 5.49. The molecular weight excluding hydrogens is 234 g/mol. The van der Waals surface area contributed by atoms with Crippen molar-refractivity contribution in [3.05, 3.63) is 47.9 Å². The summed E-state index contributed by atoms with van der Waals surface area (Å²) in [6.45, 7) is 4.20. The highest BCUT2D eigenvalue weighted by molar-refractivity contribution is 5.59. The summed E-state index contributed by atoms with van der Waals surface area (Å²) >= 11 is 0. The third kappa shape index (κ3) is 2.82. The molecule has 1 aliphatic heterocycles. The van der Waals surface area contributed by atoms with Crippen LogP contribution in [0.1, 0.15) is 30.3 Å². The van der Waals surface area contributed by atoms with Crippen LogP contribution in [0.25, 0.3) is 11.3 Å². The van der Waals surface area contributed by atoms with Crippen molar-refractivity contribution >= 4 is 0 Å². The summed E-state index contributed by atoms with van der Waals surface area (Å²) in [6.07, 6.45) is 2.27. The van der Waals surface area contributed by atoms with Crippen molar-refractivity contribution in [2.75, 3.05) is 13.1 Å². The fourth-order valence-corrected chi connectivity index (χ4v) is 2.61. The zero-order valence-corrected chi connectivity index (χ0v) is 11.3. The molecule has 1 aromatic heterocycles. The highest BCUT2D eigenvalue weighted by atomic mass is 14.9. The van der Waals surface area contributed by atoms with Gasteiger partial charge in [-0.15, -0.1) is 0 Å². The Kier molecular flexibility index (Phi) is 3.56. The first-order valence-electron chi connectivity index (χ1n) is 6.94. The molecule has 1 N–H and O–H groups in total. The van der Waals surface area contributed by atoms with Crippen molar-refractivity contribution in [1.29, 1.82) is 0 Å². The molecule has 0 aliphatic carbocycles. The zero-order valence-electron chi connectivity index (χ0n) is 11.3. The van der Waals surface area contributed by atoms with Gasteiger partial charge in [0.05, 0.1) is 5.69 Å². The predicted octanol–water partition coefficient (Wildman–Crippen LogP) is 2.92. The van der Waals surface area contributed by atoms with E-state index in [9.17, 15) is 0 Å². The van der Waals surface area contributed by atoms with Gasteiger partial charge >= 0.3 is 0 Å². The average Bonchev–Trinajstić information content (AvgIpc) is 2.48. The van der Waals surface area contributed by atoms with Gasteiger partial charge in [0.15, 0.2) is 0 Å². The molecule has 1 saturated heterocycles. The molecule has 0 amide bonds. The second-order valence-corrected chi connectivity index (χ2v) is 5.14. The molecule has 0 radical (unpaired) electrons. The molecule has 0 unspecified atom stereocenters. The lowest BCUT2D eigenvalue weighted by molar-refractivity contribution is 0.444. The van der Waals surface area contributed by atoms with Crippen LogP contribution in [0.5, 0.6) is 0 Å². The molecule has 0 saturated carbocycles. The summed E-state index contributed by atoms with van der Waals surface area (Å²) in [5, 5.41) is 3.39. The smallest absolute Gasteiger partial charge is 0.132 e. The van der Waals surface area contributed by atoms with Gasteiger partial charge in [0.1, 0.15) is 5.82 Å². The van der Waals surface area contributed by atoms with E-state index in [0.29, 0.717) is 5.92 Å². The van der Waals surface area contributed by atoms with Gasteiger partial charge < -0.3 is 5.32 Å². The van der Waals surface area contributed by atoms with E-state index < -0.39 is 0 Å². The maximum absolute atomic E-state index is 4.79. The number of rotatable bonds is 2. The van der Waals surface area contributed by atoms with Gasteiger partial charge in [0.25, 0.3) is 0 Å². The molecule has 2 heterocycles. The number of piperidine rings is 1. The lowest BCUT2D eigenvalue weighted by atomic mass is 9.97. The Morgan fingerprint density at radius 2 is 1.79 bits per heavy atom. The number of aryl methyl sites for hydroxylation is 1. The number of hydrogen-bond donors (Lipinski definition) is 1. The van der Waals surface area contributed by atoms with Crippen molar-refractivity contribution < 1.29 is 0 Å². The maximum Gasteiger partial charge on any atom is 0.132 e. The summed E-state index contributed by atoms with van der Waals surface area (Å²) in [4.78, 5) is 9.43. The Morgan fingerprint density at radius 3 is 2.53 bits per heavy atom. The molecule has 3 nitrogen and oxygen atoms in total. The SMILES string of the molecule is Cc1cc(-c2ccccc2)nc(C2CCNCC2)n1. The first-order valence-corrected chi connectivity index (χ1v) is 6.94.